The summed E-state index contributed by atoms with van der Waals surface area (Å²) in [6, 6.07) is 9.08. The molecular formula is C13H22N2. The van der Waals surface area contributed by atoms with Gasteiger partial charge in [-0.25, -0.2) is 0 Å². The summed E-state index contributed by atoms with van der Waals surface area (Å²) < 4.78 is 0. The minimum Gasteiger partial charge on any atom is -0.368 e. The summed E-state index contributed by atoms with van der Waals surface area (Å²) in [5.74, 6) is 0. The molecule has 0 amide bonds. The molecule has 2 nitrogen and oxygen atoms in total. The number of rotatable bonds is 5. The van der Waals surface area contributed by atoms with Gasteiger partial charge in [-0.15, -0.1) is 0 Å². The predicted molar refractivity (Wildman–Crippen MR) is 67.4 cm³/mol. The Morgan fingerprint density at radius 2 is 1.93 bits per heavy atom. The predicted octanol–water partition coefficient (Wildman–Crippen LogP) is 2.42. The zero-order valence-corrected chi connectivity index (χ0v) is 10.0. The summed E-state index contributed by atoms with van der Waals surface area (Å²) in [7, 11) is 0. The van der Waals surface area contributed by atoms with E-state index in [1.807, 2.05) is 0 Å². The van der Waals surface area contributed by atoms with E-state index in [0.29, 0.717) is 12.6 Å². The van der Waals surface area contributed by atoms with Crippen LogP contribution >= 0.6 is 0 Å². The molecule has 0 heterocycles. The molecule has 0 saturated heterocycles. The molecule has 15 heavy (non-hydrogen) atoms. The highest BCUT2D eigenvalue weighted by atomic mass is 15.2. The number of hydrogen-bond acceptors (Lipinski definition) is 2. The van der Waals surface area contributed by atoms with E-state index in [-0.39, 0.29) is 0 Å². The highest BCUT2D eigenvalue weighted by Gasteiger charge is 2.11. The molecule has 0 bridgehead atoms. The van der Waals surface area contributed by atoms with Crippen molar-refractivity contribution < 1.29 is 0 Å². The lowest BCUT2D eigenvalue weighted by Gasteiger charge is -2.30. The first-order valence-corrected chi connectivity index (χ1v) is 5.75. The molecule has 0 aliphatic heterocycles. The molecule has 0 fully saturated rings. The summed E-state index contributed by atoms with van der Waals surface area (Å²) in [6.45, 7) is 8.24. The summed E-state index contributed by atoms with van der Waals surface area (Å²) >= 11 is 0. The SMILES string of the molecule is CCc1ccccc1N(CCN)C(C)C. The van der Waals surface area contributed by atoms with Gasteiger partial charge in [-0.1, -0.05) is 25.1 Å². The van der Waals surface area contributed by atoms with Gasteiger partial charge < -0.3 is 10.6 Å². The molecule has 0 spiro atoms. The summed E-state index contributed by atoms with van der Waals surface area (Å²) in [6.07, 6.45) is 1.07. The quantitative estimate of drug-likeness (QED) is 0.801. The van der Waals surface area contributed by atoms with Crippen molar-refractivity contribution in [3.63, 3.8) is 0 Å². The van der Waals surface area contributed by atoms with Gasteiger partial charge >= 0.3 is 0 Å². The maximum absolute atomic E-state index is 5.65. The number of hydrogen-bond donors (Lipinski definition) is 1. The van der Waals surface area contributed by atoms with Crippen molar-refractivity contribution in [2.24, 2.45) is 5.73 Å². The Morgan fingerprint density at radius 3 is 2.47 bits per heavy atom. The topological polar surface area (TPSA) is 29.3 Å². The van der Waals surface area contributed by atoms with E-state index < -0.39 is 0 Å². The van der Waals surface area contributed by atoms with Gasteiger partial charge in [0.05, 0.1) is 0 Å². The molecule has 0 saturated carbocycles. The highest BCUT2D eigenvalue weighted by molar-refractivity contribution is 5.54. The van der Waals surface area contributed by atoms with Crippen LogP contribution < -0.4 is 10.6 Å². The number of benzene rings is 1. The fourth-order valence-electron chi connectivity index (χ4n) is 1.89. The Labute approximate surface area is 93.1 Å². The lowest BCUT2D eigenvalue weighted by atomic mass is 10.1. The third kappa shape index (κ3) is 2.96. The lowest BCUT2D eigenvalue weighted by Crippen LogP contribution is -2.35. The molecule has 0 unspecified atom stereocenters. The van der Waals surface area contributed by atoms with E-state index in [9.17, 15) is 0 Å². The largest absolute Gasteiger partial charge is 0.368 e. The molecular weight excluding hydrogens is 184 g/mol. The monoisotopic (exact) mass is 206 g/mol. The molecule has 1 aromatic carbocycles. The van der Waals surface area contributed by atoms with Crippen LogP contribution in [0.5, 0.6) is 0 Å². The van der Waals surface area contributed by atoms with E-state index in [0.717, 1.165) is 13.0 Å². The molecule has 1 aromatic rings. The Balaban J connectivity index is 2.98. The third-order valence-electron chi connectivity index (χ3n) is 2.68. The van der Waals surface area contributed by atoms with Crippen LogP contribution in [-0.2, 0) is 6.42 Å². The normalized spacial score (nSPS) is 10.7. The van der Waals surface area contributed by atoms with Crippen LogP contribution in [0.4, 0.5) is 5.69 Å². The highest BCUT2D eigenvalue weighted by Crippen LogP contribution is 2.22. The number of nitrogens with two attached hydrogens (primary N) is 1. The van der Waals surface area contributed by atoms with Gasteiger partial charge in [-0.3, -0.25) is 0 Å². The van der Waals surface area contributed by atoms with Crippen LogP contribution in [0, 0.1) is 0 Å². The fraction of sp³-hybridized carbons (Fsp3) is 0.538. The average molecular weight is 206 g/mol. The van der Waals surface area contributed by atoms with Crippen LogP contribution in [0.15, 0.2) is 24.3 Å². The number of para-hydroxylation sites is 1. The third-order valence-corrected chi connectivity index (χ3v) is 2.68. The first kappa shape index (κ1) is 12.1. The van der Waals surface area contributed by atoms with Gasteiger partial charge in [0.15, 0.2) is 0 Å². The summed E-state index contributed by atoms with van der Waals surface area (Å²) in [4.78, 5) is 2.37. The second kappa shape index (κ2) is 5.76. The lowest BCUT2D eigenvalue weighted by molar-refractivity contribution is 0.681. The number of nitrogens with zero attached hydrogens (tertiary/aromatic N) is 1. The second-order valence-electron chi connectivity index (χ2n) is 4.06. The molecule has 0 aliphatic carbocycles. The Hall–Kier alpha value is -1.02. The zero-order valence-electron chi connectivity index (χ0n) is 10.0. The van der Waals surface area contributed by atoms with Crippen molar-refractivity contribution in [3.05, 3.63) is 29.8 Å². The minimum absolute atomic E-state index is 0.501. The number of aryl methyl sites for hydroxylation is 1. The van der Waals surface area contributed by atoms with E-state index in [4.69, 9.17) is 5.73 Å². The van der Waals surface area contributed by atoms with Gasteiger partial charge in [-0.2, -0.15) is 0 Å². The van der Waals surface area contributed by atoms with Crippen molar-refractivity contribution in [1.82, 2.24) is 0 Å². The van der Waals surface area contributed by atoms with Crippen LogP contribution in [-0.4, -0.2) is 19.1 Å². The summed E-state index contributed by atoms with van der Waals surface area (Å²) in [5, 5.41) is 0. The maximum atomic E-state index is 5.65. The molecule has 0 aromatic heterocycles. The minimum atomic E-state index is 0.501. The average Bonchev–Trinajstić information content (AvgIpc) is 2.25. The maximum Gasteiger partial charge on any atom is 0.0401 e. The number of anilines is 1. The van der Waals surface area contributed by atoms with Crippen molar-refractivity contribution in [1.29, 1.82) is 0 Å². The van der Waals surface area contributed by atoms with Crippen LogP contribution in [0.1, 0.15) is 26.3 Å². The van der Waals surface area contributed by atoms with Gasteiger partial charge in [0.1, 0.15) is 0 Å². The van der Waals surface area contributed by atoms with Crippen LogP contribution in [0.2, 0.25) is 0 Å². The van der Waals surface area contributed by atoms with Gasteiger partial charge in [0.2, 0.25) is 0 Å². The first-order chi connectivity index (χ1) is 7.20. The van der Waals surface area contributed by atoms with Crippen molar-refractivity contribution in [3.8, 4) is 0 Å². The smallest absolute Gasteiger partial charge is 0.0401 e. The van der Waals surface area contributed by atoms with E-state index in [2.05, 4.69) is 49.9 Å². The molecule has 84 valence electrons. The van der Waals surface area contributed by atoms with E-state index >= 15 is 0 Å². The van der Waals surface area contributed by atoms with E-state index in [1.165, 1.54) is 11.3 Å². The molecule has 1 rings (SSSR count). The standard InChI is InChI=1S/C13H22N2/c1-4-12-7-5-6-8-13(12)15(10-9-14)11(2)3/h5-8,11H,4,9-10,14H2,1-3H3. The van der Waals surface area contributed by atoms with Crippen molar-refractivity contribution >= 4 is 5.69 Å². The first-order valence-electron chi connectivity index (χ1n) is 5.75. The molecule has 2 N–H and O–H groups in total. The van der Waals surface area contributed by atoms with E-state index in [1.54, 1.807) is 0 Å². The molecule has 0 radical (unpaired) electrons. The Bertz CT molecular complexity index is 294. The van der Waals surface area contributed by atoms with Crippen molar-refractivity contribution in [2.75, 3.05) is 18.0 Å². The Morgan fingerprint density at radius 1 is 1.27 bits per heavy atom. The summed E-state index contributed by atoms with van der Waals surface area (Å²) in [5.41, 5.74) is 8.39. The molecule has 0 atom stereocenters. The van der Waals surface area contributed by atoms with Crippen molar-refractivity contribution in [2.45, 2.75) is 33.2 Å². The molecule has 0 aliphatic rings. The van der Waals surface area contributed by atoms with Crippen LogP contribution in [0.3, 0.4) is 0 Å². The zero-order chi connectivity index (χ0) is 11.3. The van der Waals surface area contributed by atoms with Gasteiger partial charge in [0, 0.05) is 24.8 Å². The van der Waals surface area contributed by atoms with Gasteiger partial charge in [-0.05, 0) is 31.9 Å². The van der Waals surface area contributed by atoms with Crippen LogP contribution in [0.25, 0.3) is 0 Å². The fourth-order valence-corrected chi connectivity index (χ4v) is 1.89. The Kier molecular flexibility index (Phi) is 4.63. The molecule has 2 heteroatoms. The van der Waals surface area contributed by atoms with Gasteiger partial charge in [0.25, 0.3) is 0 Å². The second-order valence-corrected chi connectivity index (χ2v) is 4.06.